The molecule has 1 aromatic carbocycles. The van der Waals surface area contributed by atoms with Crippen molar-refractivity contribution in [1.29, 1.82) is 0 Å². The molecule has 0 heterocycles. The van der Waals surface area contributed by atoms with Crippen molar-refractivity contribution in [3.8, 4) is 0 Å². The molecule has 1 amide bonds. The number of esters is 1. The van der Waals surface area contributed by atoms with Gasteiger partial charge in [-0.05, 0) is 17.7 Å². The second kappa shape index (κ2) is 6.27. The van der Waals surface area contributed by atoms with E-state index in [1.807, 2.05) is 24.3 Å². The van der Waals surface area contributed by atoms with Crippen molar-refractivity contribution in [3.05, 3.63) is 34.3 Å². The number of nitrogens with one attached hydrogen (secondary N) is 1. The van der Waals surface area contributed by atoms with Crippen LogP contribution in [-0.4, -0.2) is 25.5 Å². The number of ether oxygens (including phenoxy) is 1. The van der Waals surface area contributed by atoms with Crippen LogP contribution in [0, 0.1) is 0 Å². The van der Waals surface area contributed by atoms with E-state index >= 15 is 0 Å². The topological polar surface area (TPSA) is 55.4 Å². The minimum absolute atomic E-state index is 0.171. The van der Waals surface area contributed by atoms with Crippen molar-refractivity contribution in [3.63, 3.8) is 0 Å². The van der Waals surface area contributed by atoms with Crippen LogP contribution in [0.1, 0.15) is 5.56 Å². The molecule has 0 aliphatic heterocycles. The van der Waals surface area contributed by atoms with Crippen molar-refractivity contribution in [1.82, 2.24) is 5.32 Å². The normalized spacial score (nSPS) is 9.62. The van der Waals surface area contributed by atoms with Gasteiger partial charge in [-0.15, -0.1) is 0 Å². The van der Waals surface area contributed by atoms with E-state index in [2.05, 4.69) is 21.2 Å². The molecular weight excluding hydrogens is 274 g/mol. The molecule has 86 valence electrons. The monoisotopic (exact) mass is 285 g/mol. The van der Waals surface area contributed by atoms with E-state index in [9.17, 15) is 9.59 Å². The zero-order valence-electron chi connectivity index (χ0n) is 8.83. The lowest BCUT2D eigenvalue weighted by Gasteiger charge is -2.03. The summed E-state index contributed by atoms with van der Waals surface area (Å²) in [4.78, 5) is 22.1. The van der Waals surface area contributed by atoms with E-state index in [0.717, 1.165) is 10.0 Å². The molecule has 16 heavy (non-hydrogen) atoms. The molecule has 0 aliphatic carbocycles. The highest BCUT2D eigenvalue weighted by Crippen LogP contribution is 2.11. The third kappa shape index (κ3) is 4.44. The number of halogens is 1. The lowest BCUT2D eigenvalue weighted by Crippen LogP contribution is -2.25. The molecule has 1 rings (SSSR count). The predicted molar refractivity (Wildman–Crippen MR) is 62.9 cm³/mol. The Labute approximate surface area is 102 Å². The fraction of sp³-hybridized carbons (Fsp3) is 0.273. The van der Waals surface area contributed by atoms with Crippen molar-refractivity contribution < 1.29 is 14.3 Å². The van der Waals surface area contributed by atoms with Gasteiger partial charge in [0.2, 0.25) is 0 Å². The Hall–Kier alpha value is -1.36. The first kappa shape index (κ1) is 12.7. The van der Waals surface area contributed by atoms with Crippen LogP contribution in [0.3, 0.4) is 0 Å². The largest absolute Gasteiger partial charge is 0.455 e. The minimum Gasteiger partial charge on any atom is -0.455 e. The second-order valence-corrected chi connectivity index (χ2v) is 4.05. The molecule has 0 atom stereocenters. The molecule has 1 aromatic rings. The van der Waals surface area contributed by atoms with Crippen LogP contribution in [0.4, 0.5) is 0 Å². The van der Waals surface area contributed by atoms with Gasteiger partial charge < -0.3 is 10.1 Å². The molecule has 4 nitrogen and oxygen atoms in total. The summed E-state index contributed by atoms with van der Waals surface area (Å²) in [6.45, 7) is -0.230. The molecule has 0 unspecified atom stereocenters. The van der Waals surface area contributed by atoms with E-state index < -0.39 is 5.97 Å². The van der Waals surface area contributed by atoms with Crippen molar-refractivity contribution in [2.24, 2.45) is 0 Å². The predicted octanol–water partition coefficient (Wildman–Crippen LogP) is 1.28. The lowest BCUT2D eigenvalue weighted by molar-refractivity contribution is -0.147. The van der Waals surface area contributed by atoms with Crippen LogP contribution < -0.4 is 5.32 Å². The Morgan fingerprint density at radius 1 is 1.31 bits per heavy atom. The lowest BCUT2D eigenvalue weighted by atomic mass is 10.2. The number of hydrogen-bond donors (Lipinski definition) is 1. The molecule has 1 N–H and O–H groups in total. The van der Waals surface area contributed by atoms with Gasteiger partial charge in [0.25, 0.3) is 5.91 Å². The quantitative estimate of drug-likeness (QED) is 0.848. The van der Waals surface area contributed by atoms with Gasteiger partial charge in [0.1, 0.15) is 0 Å². The number of benzene rings is 1. The van der Waals surface area contributed by atoms with Gasteiger partial charge in [-0.3, -0.25) is 9.59 Å². The molecule has 0 fully saturated rings. The zero-order chi connectivity index (χ0) is 12.0. The van der Waals surface area contributed by atoms with Crippen LogP contribution >= 0.6 is 15.9 Å². The van der Waals surface area contributed by atoms with Crippen molar-refractivity contribution in [2.45, 2.75) is 6.42 Å². The van der Waals surface area contributed by atoms with Crippen LogP contribution in [-0.2, 0) is 20.7 Å². The fourth-order valence-electron chi connectivity index (χ4n) is 1.04. The summed E-state index contributed by atoms with van der Waals surface area (Å²) in [5, 5.41) is 2.37. The van der Waals surface area contributed by atoms with Crippen LogP contribution in [0.15, 0.2) is 28.7 Å². The van der Waals surface area contributed by atoms with Crippen LogP contribution in [0.2, 0.25) is 0 Å². The Kier molecular flexibility index (Phi) is 4.98. The van der Waals surface area contributed by atoms with E-state index in [-0.39, 0.29) is 18.9 Å². The van der Waals surface area contributed by atoms with Gasteiger partial charge in [0, 0.05) is 11.5 Å². The number of rotatable bonds is 4. The van der Waals surface area contributed by atoms with Crippen LogP contribution in [0.5, 0.6) is 0 Å². The second-order valence-electron chi connectivity index (χ2n) is 3.14. The summed E-state index contributed by atoms with van der Waals surface area (Å²) in [6.07, 6.45) is 0.171. The highest BCUT2D eigenvalue weighted by Gasteiger charge is 2.07. The fourth-order valence-corrected chi connectivity index (χ4v) is 1.30. The van der Waals surface area contributed by atoms with Crippen molar-refractivity contribution >= 4 is 27.8 Å². The Balaban J connectivity index is 2.40. The summed E-state index contributed by atoms with van der Waals surface area (Å²) >= 11 is 3.30. The first-order valence-corrected chi connectivity index (χ1v) is 5.52. The highest BCUT2D eigenvalue weighted by molar-refractivity contribution is 9.10. The Morgan fingerprint density at radius 2 is 1.94 bits per heavy atom. The molecule has 0 spiro atoms. The number of carbonyl (C=O) groups excluding carboxylic acids is 2. The zero-order valence-corrected chi connectivity index (χ0v) is 10.4. The highest BCUT2D eigenvalue weighted by atomic mass is 79.9. The smallest absolute Gasteiger partial charge is 0.310 e. The Morgan fingerprint density at radius 3 is 2.50 bits per heavy atom. The molecule has 0 saturated heterocycles. The molecule has 0 radical (unpaired) electrons. The number of amides is 1. The van der Waals surface area contributed by atoms with Crippen molar-refractivity contribution in [2.75, 3.05) is 13.7 Å². The van der Waals surface area contributed by atoms with E-state index in [4.69, 9.17) is 4.74 Å². The van der Waals surface area contributed by atoms with E-state index in [0.29, 0.717) is 0 Å². The number of likely N-dealkylation sites (N-methyl/N-ethyl adjacent to an activating group) is 1. The first-order chi connectivity index (χ1) is 7.61. The maximum Gasteiger partial charge on any atom is 0.310 e. The third-order valence-electron chi connectivity index (χ3n) is 1.90. The average Bonchev–Trinajstić information content (AvgIpc) is 2.29. The summed E-state index contributed by atoms with van der Waals surface area (Å²) in [5.74, 6) is -0.727. The molecule has 5 heteroatoms. The standard InChI is InChI=1S/C11H12BrNO3/c1-13-10(14)7-16-11(15)6-8-2-4-9(12)5-3-8/h2-5H,6-7H2,1H3,(H,13,14). The molecular formula is C11H12BrNO3. The maximum atomic E-state index is 11.3. The molecule has 0 aliphatic rings. The van der Waals surface area contributed by atoms with Gasteiger partial charge in [0.05, 0.1) is 6.42 Å². The van der Waals surface area contributed by atoms with Gasteiger partial charge in [-0.2, -0.15) is 0 Å². The van der Waals surface area contributed by atoms with Gasteiger partial charge in [-0.1, -0.05) is 28.1 Å². The van der Waals surface area contributed by atoms with Gasteiger partial charge in [-0.25, -0.2) is 0 Å². The van der Waals surface area contributed by atoms with E-state index in [1.165, 1.54) is 7.05 Å². The average molecular weight is 286 g/mol. The minimum atomic E-state index is -0.411. The molecule has 0 saturated carbocycles. The summed E-state index contributed by atoms with van der Waals surface area (Å²) in [6, 6.07) is 7.35. The maximum absolute atomic E-state index is 11.3. The van der Waals surface area contributed by atoms with Gasteiger partial charge in [0.15, 0.2) is 6.61 Å². The Bertz CT molecular complexity index is 375. The number of carbonyl (C=O) groups is 2. The van der Waals surface area contributed by atoms with Gasteiger partial charge >= 0.3 is 5.97 Å². The summed E-state index contributed by atoms with van der Waals surface area (Å²) in [5.41, 5.74) is 0.852. The SMILES string of the molecule is CNC(=O)COC(=O)Cc1ccc(Br)cc1. The molecule has 0 bridgehead atoms. The molecule has 0 aromatic heterocycles. The van der Waals surface area contributed by atoms with E-state index in [1.54, 1.807) is 0 Å². The van der Waals surface area contributed by atoms with Crippen LogP contribution in [0.25, 0.3) is 0 Å². The first-order valence-electron chi connectivity index (χ1n) is 4.72. The third-order valence-corrected chi connectivity index (χ3v) is 2.43. The summed E-state index contributed by atoms with van der Waals surface area (Å²) in [7, 11) is 1.49. The summed E-state index contributed by atoms with van der Waals surface area (Å²) < 4.78 is 5.72. The number of hydrogen-bond acceptors (Lipinski definition) is 3.